The molecule has 2 rings (SSSR count). The minimum Gasteiger partial charge on any atom is -0.443 e. The molecule has 0 fully saturated rings. The van der Waals surface area contributed by atoms with E-state index < -0.39 is 22.5 Å². The number of carbonyl (C=O) groups is 1. The highest BCUT2D eigenvalue weighted by Gasteiger charge is 2.22. The van der Waals surface area contributed by atoms with Crippen LogP contribution in [0.5, 0.6) is 0 Å². The van der Waals surface area contributed by atoms with Crippen LogP contribution in [0.25, 0.3) is 0 Å². The van der Waals surface area contributed by atoms with Gasteiger partial charge in [0.2, 0.25) is 0 Å². The Morgan fingerprint density at radius 2 is 1.86 bits per heavy atom. The highest BCUT2D eigenvalue weighted by molar-refractivity contribution is 7.89. The van der Waals surface area contributed by atoms with Crippen molar-refractivity contribution in [3.8, 4) is 0 Å². The van der Waals surface area contributed by atoms with Gasteiger partial charge in [-0.2, -0.15) is 0 Å². The summed E-state index contributed by atoms with van der Waals surface area (Å²) in [4.78, 5) is 14.8. The van der Waals surface area contributed by atoms with Gasteiger partial charge in [-0.25, -0.2) is 9.00 Å². The predicted octanol–water partition coefficient (Wildman–Crippen LogP) is 4.10. The largest absolute Gasteiger partial charge is 0.443 e. The van der Waals surface area contributed by atoms with Gasteiger partial charge in [0.15, 0.2) is 0 Å². The molecule has 1 aromatic rings. The molecule has 22 heavy (non-hydrogen) atoms. The van der Waals surface area contributed by atoms with Crippen molar-refractivity contribution < 1.29 is 13.7 Å². The zero-order chi connectivity index (χ0) is 16.3. The number of hydrogen-bond acceptors (Lipinski definition) is 3. The van der Waals surface area contributed by atoms with Crippen molar-refractivity contribution in [3.05, 3.63) is 53.2 Å². The van der Waals surface area contributed by atoms with E-state index in [1.807, 2.05) is 58.0 Å². The van der Waals surface area contributed by atoms with Gasteiger partial charge in [-0.1, -0.05) is 23.8 Å². The third-order valence-corrected chi connectivity index (χ3v) is 4.39. The van der Waals surface area contributed by atoms with Crippen LogP contribution >= 0.6 is 0 Å². The third kappa shape index (κ3) is 4.31. The number of hydrogen-bond donors (Lipinski definition) is 0. The van der Waals surface area contributed by atoms with Crippen molar-refractivity contribution >= 4 is 16.9 Å². The molecule has 1 aromatic carbocycles. The van der Waals surface area contributed by atoms with Gasteiger partial charge < -0.3 is 4.74 Å². The van der Waals surface area contributed by atoms with Gasteiger partial charge in [0.1, 0.15) is 5.60 Å². The second-order valence-electron chi connectivity index (χ2n) is 6.15. The Labute approximate surface area is 133 Å². The zero-order valence-corrected chi connectivity index (χ0v) is 14.1. The lowest BCUT2D eigenvalue weighted by Gasteiger charge is -2.25. The van der Waals surface area contributed by atoms with Crippen molar-refractivity contribution in [3.63, 3.8) is 0 Å². The van der Waals surface area contributed by atoms with Crippen LogP contribution in [0, 0.1) is 6.92 Å². The number of nitrogens with zero attached hydrogens (tertiary/aromatic N) is 1. The van der Waals surface area contributed by atoms with Crippen LogP contribution in [-0.4, -0.2) is 20.8 Å². The second kappa shape index (κ2) is 6.48. The SMILES string of the molecule is Cc1ccc([S@](=O)C2=CN(C(=O)OC(C)(C)C)C=CC2)cc1. The molecule has 118 valence electrons. The Bertz CT molecular complexity index is 639. The molecule has 0 unspecified atom stereocenters. The fraction of sp³-hybridized carbons (Fsp3) is 0.353. The summed E-state index contributed by atoms with van der Waals surface area (Å²) in [5, 5.41) is 0. The highest BCUT2D eigenvalue weighted by atomic mass is 32.2. The van der Waals surface area contributed by atoms with Crippen LogP contribution in [0.1, 0.15) is 32.8 Å². The third-order valence-electron chi connectivity index (χ3n) is 2.95. The highest BCUT2D eigenvalue weighted by Crippen LogP contribution is 2.23. The van der Waals surface area contributed by atoms with Crippen LogP contribution < -0.4 is 0 Å². The summed E-state index contributed by atoms with van der Waals surface area (Å²) in [7, 11) is -1.28. The average Bonchev–Trinajstić information content (AvgIpc) is 2.46. The Balaban J connectivity index is 2.16. The van der Waals surface area contributed by atoms with Gasteiger partial charge in [-0.05, 0) is 39.8 Å². The lowest BCUT2D eigenvalue weighted by molar-refractivity contribution is 0.0397. The Hall–Kier alpha value is -1.88. The van der Waals surface area contributed by atoms with Crippen molar-refractivity contribution in [2.75, 3.05) is 0 Å². The van der Waals surface area contributed by atoms with E-state index in [9.17, 15) is 9.00 Å². The fourth-order valence-electron chi connectivity index (χ4n) is 1.90. The topological polar surface area (TPSA) is 46.6 Å². The first kappa shape index (κ1) is 16.5. The molecular formula is C17H21NO3S. The number of ether oxygens (including phenoxy) is 1. The molecule has 0 bridgehead atoms. The molecule has 0 spiro atoms. The van der Waals surface area contributed by atoms with Gasteiger partial charge in [-0.15, -0.1) is 0 Å². The van der Waals surface area contributed by atoms with E-state index in [-0.39, 0.29) is 0 Å². The smallest absolute Gasteiger partial charge is 0.418 e. The minimum absolute atomic E-state index is 0.471. The van der Waals surface area contributed by atoms with E-state index in [2.05, 4.69) is 0 Å². The number of amides is 1. The Morgan fingerprint density at radius 3 is 2.45 bits per heavy atom. The Kier molecular flexibility index (Phi) is 4.86. The monoisotopic (exact) mass is 319 g/mol. The maximum Gasteiger partial charge on any atom is 0.418 e. The van der Waals surface area contributed by atoms with Crippen LogP contribution in [-0.2, 0) is 15.5 Å². The number of rotatable bonds is 2. The normalized spacial score (nSPS) is 16.2. The van der Waals surface area contributed by atoms with E-state index in [4.69, 9.17) is 4.74 Å². The van der Waals surface area contributed by atoms with Gasteiger partial charge in [-0.3, -0.25) is 4.90 Å². The summed E-state index contributed by atoms with van der Waals surface area (Å²) < 4.78 is 17.9. The molecule has 1 amide bonds. The molecule has 1 aliphatic rings. The molecule has 1 aliphatic heterocycles. The average molecular weight is 319 g/mol. The summed E-state index contributed by atoms with van der Waals surface area (Å²) in [5.74, 6) is 0. The van der Waals surface area contributed by atoms with E-state index in [0.717, 1.165) is 10.5 Å². The van der Waals surface area contributed by atoms with E-state index in [1.54, 1.807) is 12.4 Å². The standard InChI is InChI=1S/C17H21NO3S/c1-13-7-9-14(10-8-13)22(20)15-6-5-11-18(12-15)16(19)21-17(2,3)4/h5,7-12H,6H2,1-4H3/t22-/m0/s1. The molecule has 0 aliphatic carbocycles. The number of benzene rings is 1. The number of aryl methyl sites for hydroxylation is 1. The van der Waals surface area contributed by atoms with E-state index in [1.165, 1.54) is 4.90 Å². The maximum atomic E-state index is 12.6. The first-order chi connectivity index (χ1) is 10.3. The summed E-state index contributed by atoms with van der Waals surface area (Å²) in [6.07, 6.45) is 5.14. The molecule has 4 nitrogen and oxygen atoms in total. The first-order valence-corrected chi connectivity index (χ1v) is 8.28. The quantitative estimate of drug-likeness (QED) is 0.824. The second-order valence-corrected chi connectivity index (χ2v) is 7.69. The molecule has 1 atom stereocenters. The lowest BCUT2D eigenvalue weighted by Crippen LogP contribution is -2.31. The fourth-order valence-corrected chi connectivity index (χ4v) is 3.04. The Morgan fingerprint density at radius 1 is 1.23 bits per heavy atom. The molecule has 5 heteroatoms. The van der Waals surface area contributed by atoms with Crippen molar-refractivity contribution in [1.82, 2.24) is 4.90 Å². The van der Waals surface area contributed by atoms with Gasteiger partial charge in [0.05, 0.1) is 10.8 Å². The van der Waals surface area contributed by atoms with Crippen molar-refractivity contribution in [2.24, 2.45) is 0 Å². The van der Waals surface area contributed by atoms with Crippen LogP contribution in [0.4, 0.5) is 4.79 Å². The lowest BCUT2D eigenvalue weighted by atomic mass is 10.2. The summed E-state index contributed by atoms with van der Waals surface area (Å²) in [6.45, 7) is 7.43. The summed E-state index contributed by atoms with van der Waals surface area (Å²) in [6, 6.07) is 7.56. The van der Waals surface area contributed by atoms with E-state index in [0.29, 0.717) is 11.3 Å². The zero-order valence-electron chi connectivity index (χ0n) is 13.3. The maximum absolute atomic E-state index is 12.6. The predicted molar refractivity (Wildman–Crippen MR) is 87.5 cm³/mol. The van der Waals surface area contributed by atoms with Crippen molar-refractivity contribution in [1.29, 1.82) is 0 Å². The van der Waals surface area contributed by atoms with Crippen molar-refractivity contribution in [2.45, 2.75) is 44.6 Å². The molecule has 0 aromatic heterocycles. The summed E-state index contributed by atoms with van der Waals surface area (Å²) in [5.41, 5.74) is 0.556. The molecular weight excluding hydrogens is 298 g/mol. The molecule has 0 radical (unpaired) electrons. The molecule has 0 N–H and O–H groups in total. The first-order valence-electron chi connectivity index (χ1n) is 7.13. The van der Waals surface area contributed by atoms with Crippen LogP contribution in [0.2, 0.25) is 0 Å². The summed E-state index contributed by atoms with van der Waals surface area (Å²) >= 11 is 0. The van der Waals surface area contributed by atoms with Gasteiger partial charge in [0.25, 0.3) is 0 Å². The van der Waals surface area contributed by atoms with E-state index >= 15 is 0 Å². The molecule has 1 heterocycles. The minimum atomic E-state index is -1.28. The van der Waals surface area contributed by atoms with Gasteiger partial charge in [0, 0.05) is 28.6 Å². The molecule has 0 saturated carbocycles. The van der Waals surface area contributed by atoms with Crippen LogP contribution in [0.3, 0.4) is 0 Å². The molecule has 0 saturated heterocycles. The number of carbonyl (C=O) groups excluding carboxylic acids is 1. The number of allylic oxidation sites excluding steroid dienone is 2. The van der Waals surface area contributed by atoms with Crippen LogP contribution in [0.15, 0.2) is 52.5 Å². The van der Waals surface area contributed by atoms with Gasteiger partial charge >= 0.3 is 6.09 Å².